The summed E-state index contributed by atoms with van der Waals surface area (Å²) >= 11 is 0. The first-order valence-corrected chi connectivity index (χ1v) is 9.90. The summed E-state index contributed by atoms with van der Waals surface area (Å²) in [6.45, 7) is 0.794. The van der Waals surface area contributed by atoms with E-state index in [-0.39, 0.29) is 5.56 Å². The fourth-order valence-electron chi connectivity index (χ4n) is 4.10. The van der Waals surface area contributed by atoms with Crippen molar-refractivity contribution < 1.29 is 9.90 Å². The zero-order chi connectivity index (χ0) is 20.0. The standard InChI is InChI=1S/C25H22N2O2/c26-22-14-20(17-6-7-17)13-21(25(28)29)24(22)19-8-9-23-18(12-19)10-11-27(23)15-16-4-2-1-3-5-16/h1-5,8-14,17H,6-7,15,26H2,(H,28,29). The Balaban J connectivity index is 1.57. The summed E-state index contributed by atoms with van der Waals surface area (Å²) in [5.41, 5.74) is 12.0. The molecule has 4 nitrogen and oxygen atoms in total. The minimum atomic E-state index is -0.934. The lowest BCUT2D eigenvalue weighted by Crippen LogP contribution is -2.05. The largest absolute Gasteiger partial charge is 0.478 e. The van der Waals surface area contributed by atoms with Crippen LogP contribution in [0.25, 0.3) is 22.0 Å². The number of hydrogen-bond acceptors (Lipinski definition) is 2. The fourth-order valence-corrected chi connectivity index (χ4v) is 4.10. The van der Waals surface area contributed by atoms with E-state index >= 15 is 0 Å². The predicted molar refractivity (Wildman–Crippen MR) is 116 cm³/mol. The smallest absolute Gasteiger partial charge is 0.336 e. The summed E-state index contributed by atoms with van der Waals surface area (Å²) < 4.78 is 2.20. The number of carboxylic acids is 1. The Bertz CT molecular complexity index is 1220. The van der Waals surface area contributed by atoms with Gasteiger partial charge in [0.15, 0.2) is 0 Å². The van der Waals surface area contributed by atoms with Gasteiger partial charge in [-0.15, -0.1) is 0 Å². The number of aromatic nitrogens is 1. The number of hydrogen-bond donors (Lipinski definition) is 2. The van der Waals surface area contributed by atoms with Gasteiger partial charge in [0.1, 0.15) is 0 Å². The van der Waals surface area contributed by atoms with Crippen LogP contribution in [0.3, 0.4) is 0 Å². The first kappa shape index (κ1) is 17.6. The minimum Gasteiger partial charge on any atom is -0.478 e. The maximum atomic E-state index is 12.0. The highest BCUT2D eigenvalue weighted by atomic mass is 16.4. The molecule has 0 bridgehead atoms. The maximum Gasteiger partial charge on any atom is 0.336 e. The first-order valence-electron chi connectivity index (χ1n) is 9.90. The number of benzene rings is 3. The van der Waals surface area contributed by atoms with Crippen LogP contribution in [0, 0.1) is 0 Å². The fraction of sp³-hybridized carbons (Fsp3) is 0.160. The van der Waals surface area contributed by atoms with Crippen LogP contribution in [0.2, 0.25) is 0 Å². The van der Waals surface area contributed by atoms with Gasteiger partial charge in [-0.2, -0.15) is 0 Å². The molecular formula is C25H22N2O2. The normalized spacial score (nSPS) is 13.7. The van der Waals surface area contributed by atoms with Crippen LogP contribution in [0.4, 0.5) is 5.69 Å². The Kier molecular flexibility index (Phi) is 4.13. The van der Waals surface area contributed by atoms with E-state index in [9.17, 15) is 9.90 Å². The van der Waals surface area contributed by atoms with E-state index < -0.39 is 5.97 Å². The van der Waals surface area contributed by atoms with Crippen molar-refractivity contribution in [1.29, 1.82) is 0 Å². The lowest BCUT2D eigenvalue weighted by molar-refractivity contribution is 0.0697. The van der Waals surface area contributed by atoms with Crippen molar-refractivity contribution in [2.75, 3.05) is 5.73 Å². The SMILES string of the molecule is Nc1cc(C2CC2)cc(C(=O)O)c1-c1ccc2c(ccn2Cc2ccccc2)c1. The number of carboxylic acid groups (broad SMARTS) is 1. The molecule has 4 aromatic rings. The van der Waals surface area contributed by atoms with E-state index in [1.807, 2.05) is 42.5 Å². The molecule has 29 heavy (non-hydrogen) atoms. The van der Waals surface area contributed by atoms with Crippen LogP contribution < -0.4 is 5.73 Å². The molecule has 0 atom stereocenters. The zero-order valence-electron chi connectivity index (χ0n) is 16.0. The highest BCUT2D eigenvalue weighted by molar-refractivity contribution is 6.01. The van der Waals surface area contributed by atoms with Crippen molar-refractivity contribution in [3.8, 4) is 11.1 Å². The number of nitrogens with two attached hydrogens (primary N) is 1. The second kappa shape index (κ2) is 6.82. The van der Waals surface area contributed by atoms with Crippen molar-refractivity contribution in [3.05, 3.63) is 89.6 Å². The Morgan fingerprint density at radius 1 is 1.03 bits per heavy atom. The number of nitrogen functional groups attached to an aromatic ring is 1. The van der Waals surface area contributed by atoms with Crippen LogP contribution >= 0.6 is 0 Å². The van der Waals surface area contributed by atoms with Crippen molar-refractivity contribution in [1.82, 2.24) is 4.57 Å². The molecule has 1 fully saturated rings. The molecule has 5 rings (SSSR count). The average molecular weight is 382 g/mol. The molecule has 1 heterocycles. The second-order valence-corrected chi connectivity index (χ2v) is 7.81. The molecule has 1 aliphatic carbocycles. The molecular weight excluding hydrogens is 360 g/mol. The van der Waals surface area contributed by atoms with Crippen LogP contribution in [0.15, 0.2) is 72.9 Å². The van der Waals surface area contributed by atoms with Gasteiger partial charge in [-0.3, -0.25) is 0 Å². The molecule has 0 amide bonds. The average Bonchev–Trinajstić information content (AvgIpc) is 3.50. The van der Waals surface area contributed by atoms with Crippen LogP contribution in [0.5, 0.6) is 0 Å². The van der Waals surface area contributed by atoms with E-state index in [0.29, 0.717) is 17.2 Å². The topological polar surface area (TPSA) is 68.2 Å². The molecule has 0 aliphatic heterocycles. The molecule has 144 valence electrons. The molecule has 0 spiro atoms. The summed E-state index contributed by atoms with van der Waals surface area (Å²) in [5, 5.41) is 10.9. The Morgan fingerprint density at radius 2 is 1.83 bits per heavy atom. The Labute approximate surface area is 169 Å². The summed E-state index contributed by atoms with van der Waals surface area (Å²) in [6.07, 6.45) is 4.29. The van der Waals surface area contributed by atoms with E-state index in [1.54, 1.807) is 6.07 Å². The maximum absolute atomic E-state index is 12.0. The number of nitrogens with zero attached hydrogens (tertiary/aromatic N) is 1. The Hall–Kier alpha value is -3.53. The number of anilines is 1. The Morgan fingerprint density at radius 3 is 2.55 bits per heavy atom. The number of carbonyl (C=O) groups is 1. The van der Waals surface area contributed by atoms with Crippen LogP contribution in [0.1, 0.15) is 40.2 Å². The van der Waals surface area contributed by atoms with Gasteiger partial charge in [0, 0.05) is 34.9 Å². The quantitative estimate of drug-likeness (QED) is 0.447. The molecule has 4 heteroatoms. The van der Waals surface area contributed by atoms with Crippen molar-refractivity contribution in [2.45, 2.75) is 25.3 Å². The molecule has 3 N–H and O–H groups in total. The molecule has 0 saturated heterocycles. The highest BCUT2D eigenvalue weighted by Crippen LogP contribution is 2.43. The number of fused-ring (bicyclic) bond motifs is 1. The van der Waals surface area contributed by atoms with Gasteiger partial charge >= 0.3 is 5.97 Å². The van der Waals surface area contributed by atoms with Gasteiger partial charge in [0.2, 0.25) is 0 Å². The van der Waals surface area contributed by atoms with Crippen LogP contribution in [-0.2, 0) is 6.54 Å². The third-order valence-electron chi connectivity index (χ3n) is 5.73. The van der Waals surface area contributed by atoms with Gasteiger partial charge < -0.3 is 15.4 Å². The highest BCUT2D eigenvalue weighted by Gasteiger charge is 2.27. The van der Waals surface area contributed by atoms with Crippen molar-refractivity contribution in [3.63, 3.8) is 0 Å². The van der Waals surface area contributed by atoms with Gasteiger partial charge in [0.05, 0.1) is 5.56 Å². The van der Waals surface area contributed by atoms with Gasteiger partial charge in [0.25, 0.3) is 0 Å². The van der Waals surface area contributed by atoms with E-state index in [2.05, 4.69) is 29.0 Å². The van der Waals surface area contributed by atoms with Gasteiger partial charge in [-0.05, 0) is 65.8 Å². The predicted octanol–water partition coefficient (Wildman–Crippen LogP) is 5.51. The van der Waals surface area contributed by atoms with Crippen molar-refractivity contribution in [2.24, 2.45) is 0 Å². The monoisotopic (exact) mass is 382 g/mol. The lowest BCUT2D eigenvalue weighted by Gasteiger charge is -2.13. The molecule has 0 unspecified atom stereocenters. The van der Waals surface area contributed by atoms with Gasteiger partial charge in [-0.1, -0.05) is 36.4 Å². The van der Waals surface area contributed by atoms with E-state index in [1.165, 1.54) is 5.56 Å². The summed E-state index contributed by atoms with van der Waals surface area (Å²) in [4.78, 5) is 12.0. The number of aromatic carboxylic acids is 1. The molecule has 1 saturated carbocycles. The summed E-state index contributed by atoms with van der Waals surface area (Å²) in [5.74, 6) is -0.477. The molecule has 0 radical (unpaired) electrons. The molecule has 1 aromatic heterocycles. The summed E-state index contributed by atoms with van der Waals surface area (Å²) in [6, 6.07) is 22.2. The lowest BCUT2D eigenvalue weighted by atomic mass is 9.93. The molecule has 1 aliphatic rings. The number of rotatable bonds is 5. The van der Waals surface area contributed by atoms with E-state index in [0.717, 1.165) is 41.4 Å². The third-order valence-corrected chi connectivity index (χ3v) is 5.73. The second-order valence-electron chi connectivity index (χ2n) is 7.81. The van der Waals surface area contributed by atoms with Crippen molar-refractivity contribution >= 4 is 22.6 Å². The third kappa shape index (κ3) is 3.27. The zero-order valence-corrected chi connectivity index (χ0v) is 16.0. The minimum absolute atomic E-state index is 0.287. The van der Waals surface area contributed by atoms with E-state index in [4.69, 9.17) is 5.73 Å². The van der Waals surface area contributed by atoms with Gasteiger partial charge in [-0.25, -0.2) is 4.79 Å². The van der Waals surface area contributed by atoms with Crippen LogP contribution in [-0.4, -0.2) is 15.6 Å². The molecule has 3 aromatic carbocycles. The summed E-state index contributed by atoms with van der Waals surface area (Å²) in [7, 11) is 0. The first-order chi connectivity index (χ1) is 14.1.